The molecule has 0 radical (unpaired) electrons. The number of ether oxygens (including phenoxy) is 1. The fourth-order valence-electron chi connectivity index (χ4n) is 3.73. The molecule has 3 N–H and O–H groups in total. The van der Waals surface area contributed by atoms with E-state index in [1.165, 1.54) is 16.8 Å². The monoisotopic (exact) mass is 552 g/mol. The summed E-state index contributed by atoms with van der Waals surface area (Å²) in [6.45, 7) is 6.39. The minimum absolute atomic E-state index is 0.0528. The molecule has 0 saturated heterocycles. The van der Waals surface area contributed by atoms with E-state index in [2.05, 4.69) is 30.8 Å². The molecule has 0 saturated carbocycles. The molecule has 1 aromatic heterocycles. The number of carbonyl (C=O) groups excluding carboxylic acids is 2. The van der Waals surface area contributed by atoms with Crippen molar-refractivity contribution in [2.24, 2.45) is 0 Å². The number of anilines is 2. The highest BCUT2D eigenvalue weighted by molar-refractivity contribution is 6.05. The summed E-state index contributed by atoms with van der Waals surface area (Å²) in [5, 5.41) is 12.9. The molecule has 0 fully saturated rings. The van der Waals surface area contributed by atoms with Crippen LogP contribution in [0.4, 0.5) is 25.1 Å². The highest BCUT2D eigenvalue weighted by Crippen LogP contribution is 2.25. The van der Waals surface area contributed by atoms with E-state index in [9.17, 15) is 22.8 Å². The van der Waals surface area contributed by atoms with Gasteiger partial charge in [0.15, 0.2) is 0 Å². The van der Waals surface area contributed by atoms with Crippen LogP contribution in [-0.2, 0) is 6.54 Å². The largest absolute Gasteiger partial charge is 0.573 e. The number of aromatic nitrogens is 3. The second-order valence-corrected chi connectivity index (χ2v) is 9.17. The number of hydrogen-bond donors (Lipinski definition) is 3. The predicted molar refractivity (Wildman–Crippen MR) is 144 cm³/mol. The summed E-state index contributed by atoms with van der Waals surface area (Å²) in [6.07, 6.45) is -4.85. The zero-order chi connectivity index (χ0) is 28.9. The van der Waals surface area contributed by atoms with Crippen LogP contribution in [0.5, 0.6) is 5.75 Å². The molecule has 0 spiro atoms. The van der Waals surface area contributed by atoms with Gasteiger partial charge in [-0.3, -0.25) is 20.2 Å². The van der Waals surface area contributed by atoms with Gasteiger partial charge in [-0.25, -0.2) is 0 Å². The molecule has 0 atom stereocenters. The third kappa shape index (κ3) is 7.44. The zero-order valence-electron chi connectivity index (χ0n) is 21.9. The van der Waals surface area contributed by atoms with Crippen LogP contribution in [-0.4, -0.2) is 39.0 Å². The van der Waals surface area contributed by atoms with Crippen LogP contribution in [0, 0.1) is 6.92 Å². The molecule has 0 aliphatic heterocycles. The summed E-state index contributed by atoms with van der Waals surface area (Å²) >= 11 is 0. The maximum absolute atomic E-state index is 13.0. The number of benzene rings is 3. The zero-order valence-corrected chi connectivity index (χ0v) is 21.9. The van der Waals surface area contributed by atoms with E-state index in [0.717, 1.165) is 23.3 Å². The number of nitrogens with zero attached hydrogens (tertiary/aromatic N) is 3. The lowest BCUT2D eigenvalue weighted by Gasteiger charge is -2.11. The smallest absolute Gasteiger partial charge is 0.406 e. The fourth-order valence-corrected chi connectivity index (χ4v) is 3.73. The lowest BCUT2D eigenvalue weighted by atomic mass is 10.1. The molecule has 208 valence electrons. The number of aryl methyl sites for hydroxylation is 1. The van der Waals surface area contributed by atoms with Crippen LogP contribution in [0.2, 0.25) is 0 Å². The number of alkyl halides is 3. The standard InChI is InChI=1S/C28H27F3N6O3/c1-17(2)32-16-19-8-6-9-20(15-19)24(38)33-26-35-27(34-25(39)23-10-5-4-7-18(23)3)37(36-26)21-11-13-22(14-12-21)40-28(29,30)31/h4-15,17,32H,16H2,1-3H3,(H2,33,34,35,36,38,39). The average Bonchev–Trinajstić information content (AvgIpc) is 3.29. The Hall–Kier alpha value is -4.71. The van der Waals surface area contributed by atoms with Gasteiger partial charge in [-0.15, -0.1) is 18.3 Å². The highest BCUT2D eigenvalue weighted by Gasteiger charge is 2.31. The van der Waals surface area contributed by atoms with Crippen LogP contribution < -0.4 is 20.7 Å². The van der Waals surface area contributed by atoms with Gasteiger partial charge in [-0.2, -0.15) is 9.67 Å². The van der Waals surface area contributed by atoms with E-state index in [1.54, 1.807) is 49.4 Å². The Labute approximate surface area is 228 Å². The molecule has 2 amide bonds. The second-order valence-electron chi connectivity index (χ2n) is 9.17. The first kappa shape index (κ1) is 28.3. The molecule has 12 heteroatoms. The molecule has 4 rings (SSSR count). The first-order valence-corrected chi connectivity index (χ1v) is 12.3. The molecule has 3 aromatic carbocycles. The van der Waals surface area contributed by atoms with Crippen molar-refractivity contribution in [1.29, 1.82) is 0 Å². The van der Waals surface area contributed by atoms with Crippen molar-refractivity contribution < 1.29 is 27.5 Å². The van der Waals surface area contributed by atoms with Crippen molar-refractivity contribution >= 4 is 23.7 Å². The van der Waals surface area contributed by atoms with Gasteiger partial charge < -0.3 is 10.1 Å². The second kappa shape index (κ2) is 12.0. The summed E-state index contributed by atoms with van der Waals surface area (Å²) < 4.78 is 42.9. The SMILES string of the molecule is Cc1ccccc1C(=O)Nc1nc(NC(=O)c2cccc(CNC(C)C)c2)nn1-c1ccc(OC(F)(F)F)cc1. The molecule has 0 unspecified atom stereocenters. The number of rotatable bonds is 9. The van der Waals surface area contributed by atoms with E-state index >= 15 is 0 Å². The summed E-state index contributed by atoms with van der Waals surface area (Å²) in [7, 11) is 0. The van der Waals surface area contributed by atoms with E-state index in [0.29, 0.717) is 17.7 Å². The topological polar surface area (TPSA) is 110 Å². The van der Waals surface area contributed by atoms with Gasteiger partial charge in [0.1, 0.15) is 5.75 Å². The van der Waals surface area contributed by atoms with Crippen LogP contribution in [0.25, 0.3) is 5.69 Å². The molecule has 1 heterocycles. The van der Waals surface area contributed by atoms with Gasteiger partial charge in [0.2, 0.25) is 5.95 Å². The van der Waals surface area contributed by atoms with Gasteiger partial charge in [0.05, 0.1) is 5.69 Å². The van der Waals surface area contributed by atoms with Gasteiger partial charge in [0, 0.05) is 23.7 Å². The van der Waals surface area contributed by atoms with Gasteiger partial charge in [-0.1, -0.05) is 44.2 Å². The van der Waals surface area contributed by atoms with Crippen LogP contribution in [0.1, 0.15) is 45.7 Å². The number of hydrogen-bond acceptors (Lipinski definition) is 6. The first-order chi connectivity index (χ1) is 19.0. The molecule has 4 aromatic rings. The normalized spacial score (nSPS) is 11.4. The predicted octanol–water partition coefficient (Wildman–Crippen LogP) is 5.48. The molecular weight excluding hydrogens is 525 g/mol. The molecule has 0 bridgehead atoms. The van der Waals surface area contributed by atoms with E-state index in [-0.39, 0.29) is 23.6 Å². The van der Waals surface area contributed by atoms with Crippen molar-refractivity contribution in [2.45, 2.75) is 39.7 Å². The van der Waals surface area contributed by atoms with Gasteiger partial charge in [-0.05, 0) is 60.5 Å². The minimum Gasteiger partial charge on any atom is -0.406 e. The highest BCUT2D eigenvalue weighted by atomic mass is 19.4. The van der Waals surface area contributed by atoms with Crippen molar-refractivity contribution in [3.8, 4) is 11.4 Å². The lowest BCUT2D eigenvalue weighted by Crippen LogP contribution is -2.22. The van der Waals surface area contributed by atoms with E-state index < -0.39 is 23.9 Å². The third-order valence-corrected chi connectivity index (χ3v) is 5.67. The average molecular weight is 553 g/mol. The molecular formula is C28H27F3N6O3. The van der Waals surface area contributed by atoms with E-state index in [1.807, 2.05) is 19.9 Å². The molecule has 0 aliphatic rings. The summed E-state index contributed by atoms with van der Waals surface area (Å²) in [5.41, 5.74) is 2.67. The Kier molecular flexibility index (Phi) is 8.49. The lowest BCUT2D eigenvalue weighted by molar-refractivity contribution is -0.274. The van der Waals surface area contributed by atoms with Crippen molar-refractivity contribution in [3.63, 3.8) is 0 Å². The fraction of sp³-hybridized carbons (Fsp3) is 0.214. The maximum atomic E-state index is 13.0. The van der Waals surface area contributed by atoms with Crippen molar-refractivity contribution in [2.75, 3.05) is 10.6 Å². The number of carbonyl (C=O) groups is 2. The Balaban J connectivity index is 1.62. The van der Waals surface area contributed by atoms with Crippen molar-refractivity contribution in [3.05, 3.63) is 95.1 Å². The number of nitrogens with one attached hydrogen (secondary N) is 3. The maximum Gasteiger partial charge on any atom is 0.573 e. The van der Waals surface area contributed by atoms with Crippen LogP contribution >= 0.6 is 0 Å². The number of halogens is 3. The Morgan fingerprint density at radius 1 is 0.950 bits per heavy atom. The Bertz CT molecular complexity index is 1500. The van der Waals surface area contributed by atoms with Crippen molar-refractivity contribution in [1.82, 2.24) is 20.1 Å². The molecule has 0 aliphatic carbocycles. The summed E-state index contributed by atoms with van der Waals surface area (Å²) in [5.74, 6) is -1.56. The van der Waals surface area contributed by atoms with E-state index in [4.69, 9.17) is 0 Å². The Morgan fingerprint density at radius 2 is 1.68 bits per heavy atom. The quantitative estimate of drug-likeness (QED) is 0.254. The van der Waals surface area contributed by atoms with Crippen LogP contribution in [0.15, 0.2) is 72.8 Å². The van der Waals surface area contributed by atoms with Crippen LogP contribution in [0.3, 0.4) is 0 Å². The third-order valence-electron chi connectivity index (χ3n) is 5.67. The summed E-state index contributed by atoms with van der Waals surface area (Å²) in [6, 6.07) is 19.1. The van der Waals surface area contributed by atoms with Gasteiger partial charge >= 0.3 is 6.36 Å². The molecule has 9 nitrogen and oxygen atoms in total. The first-order valence-electron chi connectivity index (χ1n) is 12.3. The molecule has 40 heavy (non-hydrogen) atoms. The Morgan fingerprint density at radius 3 is 2.35 bits per heavy atom. The minimum atomic E-state index is -4.85. The summed E-state index contributed by atoms with van der Waals surface area (Å²) in [4.78, 5) is 30.3. The number of amides is 2. The van der Waals surface area contributed by atoms with Gasteiger partial charge in [0.25, 0.3) is 17.8 Å².